The Morgan fingerprint density at radius 1 is 1.00 bits per heavy atom. The normalized spacial score (nSPS) is 23.8. The molecule has 2 saturated heterocycles. The molecule has 1 aromatic heterocycles. The Hall–Kier alpha value is -2.14. The summed E-state index contributed by atoms with van der Waals surface area (Å²) in [6, 6.07) is 0. The zero-order valence-electron chi connectivity index (χ0n) is 21.5. The predicted octanol–water partition coefficient (Wildman–Crippen LogP) is 2.90. The number of carbonyl (C=O) groups excluding carboxylic acids is 1. The summed E-state index contributed by atoms with van der Waals surface area (Å²) < 4.78 is 38.5. The first-order valence-electron chi connectivity index (χ1n) is 13.3. The van der Waals surface area contributed by atoms with Gasteiger partial charge in [-0.25, -0.2) is 23.2 Å². The van der Waals surface area contributed by atoms with Crippen LogP contribution in [0.4, 0.5) is 10.6 Å². The van der Waals surface area contributed by atoms with Gasteiger partial charge in [-0.05, 0) is 63.2 Å². The van der Waals surface area contributed by atoms with Crippen LogP contribution >= 0.6 is 0 Å². The lowest BCUT2D eigenvalue weighted by atomic mass is 9.98. The first kappa shape index (κ1) is 25.5. The van der Waals surface area contributed by atoms with E-state index in [1.54, 1.807) is 21.6 Å². The largest absolute Gasteiger partial charge is 0.476 e. The molecule has 10 nitrogen and oxygen atoms in total. The monoisotopic (exact) mass is 521 g/mol. The SMILES string of the molecule is CC1(CCS(=O)(=O)N2CCN(c3cnc(OCC4CCN(C(=O)OC5(C)CC5)CC4)cn3)CC2)CC1. The van der Waals surface area contributed by atoms with E-state index in [0.717, 1.165) is 50.8 Å². The molecule has 11 heteroatoms. The lowest BCUT2D eigenvalue weighted by molar-refractivity contribution is 0.0454. The molecule has 36 heavy (non-hydrogen) atoms. The van der Waals surface area contributed by atoms with Gasteiger partial charge in [0.2, 0.25) is 15.9 Å². The van der Waals surface area contributed by atoms with Crippen molar-refractivity contribution in [1.82, 2.24) is 19.2 Å². The van der Waals surface area contributed by atoms with Crippen molar-refractivity contribution in [3.05, 3.63) is 12.4 Å². The molecular formula is C25H39N5O5S. The van der Waals surface area contributed by atoms with Crippen molar-refractivity contribution in [2.24, 2.45) is 11.3 Å². The fourth-order valence-electron chi connectivity index (χ4n) is 4.75. The number of likely N-dealkylation sites (tertiary alicyclic amines) is 1. The van der Waals surface area contributed by atoms with Crippen molar-refractivity contribution >= 4 is 21.9 Å². The van der Waals surface area contributed by atoms with E-state index in [0.29, 0.717) is 57.7 Å². The summed E-state index contributed by atoms with van der Waals surface area (Å²) in [5, 5.41) is 0. The Morgan fingerprint density at radius 2 is 1.69 bits per heavy atom. The maximum Gasteiger partial charge on any atom is 0.410 e. The lowest BCUT2D eigenvalue weighted by Gasteiger charge is -2.34. The molecule has 2 saturated carbocycles. The van der Waals surface area contributed by atoms with E-state index in [9.17, 15) is 13.2 Å². The molecule has 5 rings (SSSR count). The highest BCUT2D eigenvalue weighted by atomic mass is 32.2. The number of rotatable bonds is 9. The van der Waals surface area contributed by atoms with Crippen molar-refractivity contribution in [3.63, 3.8) is 0 Å². The first-order valence-corrected chi connectivity index (χ1v) is 14.9. The van der Waals surface area contributed by atoms with Crippen LogP contribution in [0.2, 0.25) is 0 Å². The third-order valence-electron chi connectivity index (χ3n) is 8.27. The maximum absolute atomic E-state index is 12.7. The van der Waals surface area contributed by atoms with Crippen LogP contribution in [0, 0.1) is 11.3 Å². The Labute approximate surface area is 214 Å². The highest BCUT2D eigenvalue weighted by Crippen LogP contribution is 2.48. The van der Waals surface area contributed by atoms with E-state index in [1.165, 1.54) is 0 Å². The minimum atomic E-state index is -3.20. The Kier molecular flexibility index (Phi) is 7.06. The van der Waals surface area contributed by atoms with Crippen LogP contribution in [0.5, 0.6) is 5.88 Å². The van der Waals surface area contributed by atoms with Gasteiger partial charge >= 0.3 is 6.09 Å². The number of nitrogens with zero attached hydrogens (tertiary/aromatic N) is 5. The maximum atomic E-state index is 12.7. The van der Waals surface area contributed by atoms with Crippen LogP contribution in [-0.2, 0) is 14.8 Å². The van der Waals surface area contributed by atoms with Crippen LogP contribution < -0.4 is 9.64 Å². The Bertz CT molecular complexity index is 1030. The van der Waals surface area contributed by atoms with E-state index >= 15 is 0 Å². The van der Waals surface area contributed by atoms with Crippen LogP contribution in [0.3, 0.4) is 0 Å². The number of ether oxygens (including phenoxy) is 2. The zero-order chi connectivity index (χ0) is 25.4. The number of carbonyl (C=O) groups is 1. The Morgan fingerprint density at radius 3 is 2.28 bits per heavy atom. The van der Waals surface area contributed by atoms with E-state index in [1.807, 2.05) is 6.92 Å². The number of hydrogen-bond acceptors (Lipinski definition) is 8. The van der Waals surface area contributed by atoms with E-state index in [-0.39, 0.29) is 22.9 Å². The number of aromatic nitrogens is 2. The second-order valence-electron chi connectivity index (χ2n) is 11.5. The molecule has 2 aliphatic carbocycles. The molecule has 0 unspecified atom stereocenters. The average Bonchev–Trinajstić information content (AvgIpc) is 3.81. The van der Waals surface area contributed by atoms with Crippen LogP contribution in [0.1, 0.15) is 58.8 Å². The van der Waals surface area contributed by atoms with Gasteiger partial charge in [0.15, 0.2) is 0 Å². The van der Waals surface area contributed by atoms with Gasteiger partial charge in [-0.3, -0.25) is 0 Å². The summed E-state index contributed by atoms with van der Waals surface area (Å²) in [7, 11) is -3.20. The predicted molar refractivity (Wildman–Crippen MR) is 135 cm³/mol. The summed E-state index contributed by atoms with van der Waals surface area (Å²) in [5.74, 6) is 1.83. The molecule has 0 radical (unpaired) electrons. The van der Waals surface area contributed by atoms with Crippen molar-refractivity contribution in [1.29, 1.82) is 0 Å². The molecule has 2 aliphatic heterocycles. The van der Waals surface area contributed by atoms with Gasteiger partial charge in [0, 0.05) is 39.3 Å². The third kappa shape index (κ3) is 6.40. The van der Waals surface area contributed by atoms with Gasteiger partial charge in [0.1, 0.15) is 11.4 Å². The zero-order valence-corrected chi connectivity index (χ0v) is 22.3. The van der Waals surface area contributed by atoms with Crippen molar-refractivity contribution in [3.8, 4) is 5.88 Å². The van der Waals surface area contributed by atoms with Crippen molar-refractivity contribution in [2.75, 3.05) is 56.5 Å². The summed E-state index contributed by atoms with van der Waals surface area (Å²) in [6.07, 6.45) is 9.86. The van der Waals surface area contributed by atoms with Crippen LogP contribution in [0.15, 0.2) is 12.4 Å². The van der Waals surface area contributed by atoms with Gasteiger partial charge < -0.3 is 19.3 Å². The Balaban J connectivity index is 1.02. The molecule has 0 spiro atoms. The van der Waals surface area contributed by atoms with Gasteiger partial charge in [0.05, 0.1) is 24.8 Å². The molecule has 4 fully saturated rings. The van der Waals surface area contributed by atoms with Crippen LogP contribution in [-0.4, -0.2) is 90.9 Å². The smallest absolute Gasteiger partial charge is 0.410 e. The van der Waals surface area contributed by atoms with Crippen molar-refractivity contribution in [2.45, 2.75) is 64.4 Å². The van der Waals surface area contributed by atoms with E-state index < -0.39 is 10.0 Å². The first-order chi connectivity index (χ1) is 17.1. The number of amides is 1. The topological polar surface area (TPSA) is 105 Å². The number of piperidine rings is 1. The summed E-state index contributed by atoms with van der Waals surface area (Å²) >= 11 is 0. The molecule has 0 atom stereocenters. The van der Waals surface area contributed by atoms with E-state index in [4.69, 9.17) is 9.47 Å². The minimum absolute atomic E-state index is 0.193. The molecular weight excluding hydrogens is 482 g/mol. The molecule has 200 valence electrons. The van der Waals surface area contributed by atoms with Gasteiger partial charge in [-0.2, -0.15) is 4.31 Å². The quantitative estimate of drug-likeness (QED) is 0.489. The van der Waals surface area contributed by atoms with Gasteiger partial charge in [-0.15, -0.1) is 0 Å². The highest BCUT2D eigenvalue weighted by Gasteiger charge is 2.43. The molecule has 4 aliphatic rings. The summed E-state index contributed by atoms with van der Waals surface area (Å²) in [4.78, 5) is 25.0. The molecule has 0 aromatic carbocycles. The second kappa shape index (κ2) is 9.96. The summed E-state index contributed by atoms with van der Waals surface area (Å²) in [5.41, 5.74) is 0.00905. The molecule has 1 aromatic rings. The molecule has 3 heterocycles. The number of piperazine rings is 1. The fraction of sp³-hybridized carbons (Fsp3) is 0.800. The lowest BCUT2D eigenvalue weighted by Crippen LogP contribution is -2.49. The third-order valence-corrected chi connectivity index (χ3v) is 10.1. The highest BCUT2D eigenvalue weighted by molar-refractivity contribution is 7.89. The standard InChI is InChI=1S/C25H39N5O5S/c1-24(5-6-24)9-16-36(32,33)30-14-12-28(13-15-30)21-17-27-22(18-26-21)34-19-20-3-10-29(11-4-20)23(31)35-25(2)7-8-25/h17-18,20H,3-16,19H2,1-2H3. The van der Waals surface area contributed by atoms with Crippen molar-refractivity contribution < 1.29 is 22.7 Å². The van der Waals surface area contributed by atoms with Gasteiger partial charge in [-0.1, -0.05) is 6.92 Å². The molecule has 1 amide bonds. The average molecular weight is 522 g/mol. The second-order valence-corrected chi connectivity index (χ2v) is 13.6. The van der Waals surface area contributed by atoms with Gasteiger partial charge in [0.25, 0.3) is 0 Å². The minimum Gasteiger partial charge on any atom is -0.476 e. The molecule has 0 N–H and O–H groups in total. The molecule has 0 bridgehead atoms. The van der Waals surface area contributed by atoms with Crippen LogP contribution in [0.25, 0.3) is 0 Å². The summed E-state index contributed by atoms with van der Waals surface area (Å²) in [6.45, 7) is 8.24. The fourth-order valence-corrected chi connectivity index (χ4v) is 6.48. The number of hydrogen-bond donors (Lipinski definition) is 0. The number of sulfonamides is 1. The number of anilines is 1. The van der Waals surface area contributed by atoms with E-state index in [2.05, 4.69) is 21.8 Å².